The van der Waals surface area contributed by atoms with Crippen molar-refractivity contribution >= 4 is 11.7 Å². The Morgan fingerprint density at radius 2 is 1.61 bits per heavy atom. The molecular formula is C11H17N3O4. The Morgan fingerprint density at radius 3 is 2.06 bits per heavy atom. The minimum atomic E-state index is -0.472. The van der Waals surface area contributed by atoms with E-state index in [1.54, 1.807) is 19.2 Å². The third-order valence-electron chi connectivity index (χ3n) is 2.47. The van der Waals surface area contributed by atoms with Crippen LogP contribution in [0.3, 0.4) is 0 Å². The first-order chi connectivity index (χ1) is 8.58. The summed E-state index contributed by atoms with van der Waals surface area (Å²) in [5, 5.41) is 0. The number of amides is 2. The highest BCUT2D eigenvalue weighted by Crippen LogP contribution is 2.39. The van der Waals surface area contributed by atoms with Crippen LogP contribution in [0, 0.1) is 0 Å². The Labute approximate surface area is 105 Å². The summed E-state index contributed by atoms with van der Waals surface area (Å²) in [6.45, 7) is 0. The summed E-state index contributed by atoms with van der Waals surface area (Å²) < 4.78 is 15.5. The molecule has 7 heteroatoms. The van der Waals surface area contributed by atoms with Crippen molar-refractivity contribution in [2.24, 2.45) is 5.84 Å². The molecule has 0 aliphatic rings. The Bertz CT molecular complexity index is 437. The van der Waals surface area contributed by atoms with E-state index >= 15 is 0 Å². The number of benzene rings is 1. The highest BCUT2D eigenvalue weighted by Gasteiger charge is 2.18. The van der Waals surface area contributed by atoms with E-state index in [2.05, 4.69) is 0 Å². The maximum Gasteiger partial charge on any atom is 0.335 e. The Morgan fingerprint density at radius 1 is 1.11 bits per heavy atom. The van der Waals surface area contributed by atoms with Crippen molar-refractivity contribution in [1.29, 1.82) is 0 Å². The molecule has 18 heavy (non-hydrogen) atoms. The van der Waals surface area contributed by atoms with Gasteiger partial charge in [0.15, 0.2) is 11.5 Å². The molecule has 0 heterocycles. The lowest BCUT2D eigenvalue weighted by Crippen LogP contribution is -2.41. The number of rotatable bonds is 4. The number of ether oxygens (including phenoxy) is 3. The van der Waals surface area contributed by atoms with E-state index in [1.165, 1.54) is 26.2 Å². The van der Waals surface area contributed by atoms with Crippen molar-refractivity contribution in [3.05, 3.63) is 12.1 Å². The maximum atomic E-state index is 11.5. The molecule has 0 aromatic heterocycles. The van der Waals surface area contributed by atoms with Crippen molar-refractivity contribution in [3.63, 3.8) is 0 Å². The molecule has 2 amide bonds. The number of nitrogens with one attached hydrogen (secondary N) is 1. The summed E-state index contributed by atoms with van der Waals surface area (Å²) in [6.07, 6.45) is 0. The van der Waals surface area contributed by atoms with Gasteiger partial charge in [-0.05, 0) is 0 Å². The van der Waals surface area contributed by atoms with E-state index < -0.39 is 6.03 Å². The lowest BCUT2D eigenvalue weighted by molar-refractivity contribution is 0.247. The number of methoxy groups -OCH3 is 3. The van der Waals surface area contributed by atoms with E-state index in [9.17, 15) is 4.79 Å². The zero-order chi connectivity index (χ0) is 13.7. The molecule has 0 aliphatic carbocycles. The number of carbonyl (C=O) groups excluding carboxylic acids is 1. The third kappa shape index (κ3) is 2.57. The third-order valence-corrected chi connectivity index (χ3v) is 2.47. The normalized spacial score (nSPS) is 9.61. The fourth-order valence-electron chi connectivity index (χ4n) is 1.48. The number of nitrogens with zero attached hydrogens (tertiary/aromatic N) is 1. The van der Waals surface area contributed by atoms with Crippen molar-refractivity contribution in [3.8, 4) is 17.2 Å². The van der Waals surface area contributed by atoms with Crippen LogP contribution in [0.25, 0.3) is 0 Å². The predicted molar refractivity (Wildman–Crippen MR) is 67.2 cm³/mol. The van der Waals surface area contributed by atoms with Gasteiger partial charge in [0, 0.05) is 19.2 Å². The number of hydrogen-bond donors (Lipinski definition) is 2. The molecule has 0 spiro atoms. The van der Waals surface area contributed by atoms with Gasteiger partial charge < -0.3 is 14.2 Å². The van der Waals surface area contributed by atoms with Crippen LogP contribution >= 0.6 is 0 Å². The van der Waals surface area contributed by atoms with Gasteiger partial charge in [0.2, 0.25) is 0 Å². The van der Waals surface area contributed by atoms with E-state index in [-0.39, 0.29) is 0 Å². The molecule has 1 rings (SSSR count). The first-order valence-electron chi connectivity index (χ1n) is 5.13. The Kier molecular flexibility index (Phi) is 4.61. The summed E-state index contributed by atoms with van der Waals surface area (Å²) in [6, 6.07) is 2.79. The summed E-state index contributed by atoms with van der Waals surface area (Å²) in [4.78, 5) is 12.8. The lowest BCUT2D eigenvalue weighted by atomic mass is 10.2. The summed E-state index contributed by atoms with van der Waals surface area (Å²) in [7, 11) is 6.09. The second-order valence-corrected chi connectivity index (χ2v) is 3.39. The second kappa shape index (κ2) is 5.97. The predicted octanol–water partition coefficient (Wildman–Crippen LogP) is 0.732. The van der Waals surface area contributed by atoms with Gasteiger partial charge in [-0.2, -0.15) is 0 Å². The van der Waals surface area contributed by atoms with Gasteiger partial charge in [-0.3, -0.25) is 10.3 Å². The van der Waals surface area contributed by atoms with Crippen molar-refractivity contribution < 1.29 is 19.0 Å². The van der Waals surface area contributed by atoms with Crippen LogP contribution in [0.1, 0.15) is 0 Å². The topological polar surface area (TPSA) is 86.1 Å². The molecule has 0 saturated heterocycles. The molecule has 0 atom stereocenters. The van der Waals surface area contributed by atoms with E-state index in [1.807, 2.05) is 5.43 Å². The molecule has 0 radical (unpaired) electrons. The number of nitrogens with two attached hydrogens (primary N) is 1. The number of urea groups is 1. The van der Waals surface area contributed by atoms with Gasteiger partial charge in [-0.25, -0.2) is 10.6 Å². The smallest absolute Gasteiger partial charge is 0.335 e. The van der Waals surface area contributed by atoms with Gasteiger partial charge in [-0.15, -0.1) is 0 Å². The zero-order valence-corrected chi connectivity index (χ0v) is 10.8. The summed E-state index contributed by atoms with van der Waals surface area (Å²) in [5.74, 6) is 6.57. The van der Waals surface area contributed by atoms with Gasteiger partial charge in [-0.1, -0.05) is 0 Å². The minimum absolute atomic E-state index is 0.471. The minimum Gasteiger partial charge on any atom is -0.494 e. The molecule has 1 aromatic rings. The van der Waals surface area contributed by atoms with Crippen LogP contribution in [-0.2, 0) is 0 Å². The van der Waals surface area contributed by atoms with Gasteiger partial charge in [0.25, 0.3) is 0 Å². The quantitative estimate of drug-likeness (QED) is 0.470. The molecule has 0 bridgehead atoms. The first-order valence-corrected chi connectivity index (χ1v) is 5.13. The molecule has 100 valence electrons. The van der Waals surface area contributed by atoms with Gasteiger partial charge >= 0.3 is 6.03 Å². The molecular weight excluding hydrogens is 238 g/mol. The van der Waals surface area contributed by atoms with Crippen molar-refractivity contribution in [1.82, 2.24) is 5.43 Å². The molecule has 0 unspecified atom stereocenters. The molecule has 0 saturated carbocycles. The Hall–Kier alpha value is -2.15. The number of anilines is 1. The first kappa shape index (κ1) is 13.9. The molecule has 3 N–H and O–H groups in total. The maximum absolute atomic E-state index is 11.5. The number of hydrazine groups is 1. The molecule has 0 fully saturated rings. The highest BCUT2D eigenvalue weighted by molar-refractivity contribution is 5.93. The van der Waals surface area contributed by atoms with Crippen LogP contribution in [0.4, 0.5) is 10.5 Å². The summed E-state index contributed by atoms with van der Waals surface area (Å²) in [5.41, 5.74) is 2.55. The van der Waals surface area contributed by atoms with Crippen LogP contribution in [0.5, 0.6) is 17.2 Å². The fourth-order valence-corrected chi connectivity index (χ4v) is 1.48. The zero-order valence-electron chi connectivity index (χ0n) is 10.8. The fraction of sp³-hybridized carbons (Fsp3) is 0.364. The van der Waals surface area contributed by atoms with Crippen molar-refractivity contribution in [2.45, 2.75) is 0 Å². The van der Waals surface area contributed by atoms with E-state index in [0.29, 0.717) is 22.9 Å². The van der Waals surface area contributed by atoms with Crippen LogP contribution in [0.2, 0.25) is 0 Å². The molecule has 1 aromatic carbocycles. The van der Waals surface area contributed by atoms with Crippen molar-refractivity contribution in [2.75, 3.05) is 33.3 Å². The van der Waals surface area contributed by atoms with Crippen LogP contribution in [-0.4, -0.2) is 34.4 Å². The lowest BCUT2D eigenvalue weighted by Gasteiger charge is -2.21. The largest absolute Gasteiger partial charge is 0.494 e. The van der Waals surface area contributed by atoms with Crippen LogP contribution in [0.15, 0.2) is 12.1 Å². The SMILES string of the molecule is COc1cc(OC)c(N(C)C(=O)NN)cc1OC. The average Bonchev–Trinajstić information content (AvgIpc) is 2.43. The van der Waals surface area contributed by atoms with E-state index in [0.717, 1.165) is 0 Å². The standard InChI is InChI=1S/C11H17N3O4/c1-14(11(15)13-12)7-5-9(17-3)10(18-4)6-8(7)16-2/h5-6H,12H2,1-4H3,(H,13,15). The average molecular weight is 255 g/mol. The molecule has 0 aliphatic heterocycles. The summed E-state index contributed by atoms with van der Waals surface area (Å²) >= 11 is 0. The number of carbonyl (C=O) groups is 1. The molecule has 7 nitrogen and oxygen atoms in total. The van der Waals surface area contributed by atoms with Crippen LogP contribution < -0.4 is 30.4 Å². The van der Waals surface area contributed by atoms with E-state index in [4.69, 9.17) is 20.1 Å². The number of hydrogen-bond acceptors (Lipinski definition) is 5. The van der Waals surface area contributed by atoms with Gasteiger partial charge in [0.1, 0.15) is 5.75 Å². The highest BCUT2D eigenvalue weighted by atomic mass is 16.5. The van der Waals surface area contributed by atoms with Gasteiger partial charge in [0.05, 0.1) is 27.0 Å². The Balaban J connectivity index is 3.29. The second-order valence-electron chi connectivity index (χ2n) is 3.39. The monoisotopic (exact) mass is 255 g/mol.